The summed E-state index contributed by atoms with van der Waals surface area (Å²) in [4.78, 5) is 3.80. The molecule has 4 heteroatoms. The summed E-state index contributed by atoms with van der Waals surface area (Å²) < 4.78 is 18.3. The van der Waals surface area contributed by atoms with E-state index in [1.54, 1.807) is 6.07 Å². The Kier molecular flexibility index (Phi) is 5.78. The highest BCUT2D eigenvalue weighted by Crippen LogP contribution is 2.10. The van der Waals surface area contributed by atoms with Crippen molar-refractivity contribution in [2.45, 2.75) is 20.3 Å². The fraction of sp³-hybridized carbons (Fsp3) is 0.583. The van der Waals surface area contributed by atoms with E-state index < -0.39 is 5.82 Å². The van der Waals surface area contributed by atoms with Crippen molar-refractivity contribution >= 4 is 0 Å². The molecule has 0 saturated carbocycles. The lowest BCUT2D eigenvalue weighted by Gasteiger charge is -2.10. The summed E-state index contributed by atoms with van der Waals surface area (Å²) in [6.45, 7) is 6.45. The largest absolute Gasteiger partial charge is 0.474 e. The van der Waals surface area contributed by atoms with Gasteiger partial charge in [0.05, 0.1) is 0 Å². The lowest BCUT2D eigenvalue weighted by atomic mass is 10.1. The molecule has 0 aliphatic heterocycles. The van der Waals surface area contributed by atoms with E-state index in [0.717, 1.165) is 13.0 Å². The fourth-order valence-corrected chi connectivity index (χ4v) is 1.19. The van der Waals surface area contributed by atoms with Gasteiger partial charge < -0.3 is 10.1 Å². The zero-order valence-corrected chi connectivity index (χ0v) is 9.87. The van der Waals surface area contributed by atoms with Crippen LogP contribution in [0, 0.1) is 11.7 Å². The first-order valence-electron chi connectivity index (χ1n) is 5.68. The van der Waals surface area contributed by atoms with E-state index in [9.17, 15) is 4.39 Å². The molecule has 1 unspecified atom stereocenters. The van der Waals surface area contributed by atoms with Gasteiger partial charge in [0.15, 0.2) is 5.82 Å². The van der Waals surface area contributed by atoms with Crippen molar-refractivity contribution in [1.82, 2.24) is 10.3 Å². The van der Waals surface area contributed by atoms with E-state index in [2.05, 4.69) is 24.1 Å². The molecule has 0 aliphatic carbocycles. The van der Waals surface area contributed by atoms with Crippen molar-refractivity contribution in [2.75, 3.05) is 19.7 Å². The molecule has 1 heterocycles. The Morgan fingerprint density at radius 3 is 3.06 bits per heavy atom. The Morgan fingerprint density at radius 1 is 1.56 bits per heavy atom. The second-order valence-electron chi connectivity index (χ2n) is 3.86. The van der Waals surface area contributed by atoms with Crippen molar-refractivity contribution in [3.8, 4) is 5.88 Å². The molecule has 1 rings (SSSR count). The van der Waals surface area contributed by atoms with Gasteiger partial charge in [-0.25, -0.2) is 9.37 Å². The second kappa shape index (κ2) is 7.17. The smallest absolute Gasteiger partial charge is 0.250 e. The Morgan fingerprint density at radius 2 is 2.38 bits per heavy atom. The molecular weight excluding hydrogens is 207 g/mol. The number of nitrogens with one attached hydrogen (secondary N) is 1. The Labute approximate surface area is 96.0 Å². The van der Waals surface area contributed by atoms with Crippen LogP contribution >= 0.6 is 0 Å². The van der Waals surface area contributed by atoms with E-state index in [1.807, 2.05) is 0 Å². The van der Waals surface area contributed by atoms with E-state index in [4.69, 9.17) is 4.74 Å². The number of hydrogen-bond acceptors (Lipinski definition) is 3. The highest BCUT2D eigenvalue weighted by Gasteiger charge is 2.02. The van der Waals surface area contributed by atoms with Crippen molar-refractivity contribution in [1.29, 1.82) is 0 Å². The SMILES string of the molecule is CCC(C)CNCCOc1ncccc1F. The van der Waals surface area contributed by atoms with Gasteiger partial charge in [-0.05, 0) is 24.6 Å². The lowest BCUT2D eigenvalue weighted by Crippen LogP contribution is -2.26. The van der Waals surface area contributed by atoms with E-state index in [-0.39, 0.29) is 5.88 Å². The molecule has 16 heavy (non-hydrogen) atoms. The number of aromatic nitrogens is 1. The minimum Gasteiger partial charge on any atom is -0.474 e. The summed E-state index contributed by atoms with van der Waals surface area (Å²) in [5.41, 5.74) is 0. The Hall–Kier alpha value is -1.16. The quantitative estimate of drug-likeness (QED) is 0.724. The predicted molar refractivity (Wildman–Crippen MR) is 62.0 cm³/mol. The third-order valence-corrected chi connectivity index (χ3v) is 2.43. The highest BCUT2D eigenvalue weighted by atomic mass is 19.1. The van der Waals surface area contributed by atoms with E-state index in [0.29, 0.717) is 19.1 Å². The number of nitrogens with zero attached hydrogens (tertiary/aromatic N) is 1. The normalized spacial score (nSPS) is 12.4. The van der Waals surface area contributed by atoms with Gasteiger partial charge in [-0.3, -0.25) is 0 Å². The fourth-order valence-electron chi connectivity index (χ4n) is 1.19. The molecule has 90 valence electrons. The van der Waals surface area contributed by atoms with E-state index in [1.165, 1.54) is 12.3 Å². The molecule has 1 N–H and O–H groups in total. The van der Waals surface area contributed by atoms with Crippen molar-refractivity contribution in [3.63, 3.8) is 0 Å². The number of hydrogen-bond donors (Lipinski definition) is 1. The van der Waals surface area contributed by atoms with Gasteiger partial charge in [-0.15, -0.1) is 0 Å². The Balaban J connectivity index is 2.14. The summed E-state index contributed by atoms with van der Waals surface area (Å²) in [6, 6.07) is 2.89. The average molecular weight is 226 g/mol. The first-order valence-corrected chi connectivity index (χ1v) is 5.68. The van der Waals surface area contributed by atoms with Crippen LogP contribution in [-0.2, 0) is 0 Å². The average Bonchev–Trinajstić information content (AvgIpc) is 2.30. The molecule has 0 fully saturated rings. The highest BCUT2D eigenvalue weighted by molar-refractivity contribution is 5.12. The minimum absolute atomic E-state index is 0.0767. The van der Waals surface area contributed by atoms with Crippen LogP contribution in [0.2, 0.25) is 0 Å². The molecule has 0 amide bonds. The van der Waals surface area contributed by atoms with Gasteiger partial charge in [0.1, 0.15) is 6.61 Å². The maximum Gasteiger partial charge on any atom is 0.250 e. The predicted octanol–water partition coefficient (Wildman–Crippen LogP) is 2.24. The monoisotopic (exact) mass is 226 g/mol. The maximum atomic E-state index is 13.1. The summed E-state index contributed by atoms with van der Waals surface area (Å²) in [5, 5.41) is 3.25. The van der Waals surface area contributed by atoms with Crippen LogP contribution in [-0.4, -0.2) is 24.7 Å². The van der Waals surface area contributed by atoms with Crippen LogP contribution in [0.25, 0.3) is 0 Å². The standard InChI is InChI=1S/C12H19FN2O/c1-3-10(2)9-14-7-8-16-12-11(13)5-4-6-15-12/h4-6,10,14H,3,7-9H2,1-2H3. The summed E-state index contributed by atoms with van der Waals surface area (Å²) >= 11 is 0. The maximum absolute atomic E-state index is 13.1. The van der Waals surface area contributed by atoms with Gasteiger partial charge in [0, 0.05) is 12.7 Å². The molecule has 3 nitrogen and oxygen atoms in total. The molecule has 1 atom stereocenters. The molecule has 1 aromatic heterocycles. The van der Waals surface area contributed by atoms with E-state index >= 15 is 0 Å². The van der Waals surface area contributed by atoms with Crippen LogP contribution < -0.4 is 10.1 Å². The zero-order valence-electron chi connectivity index (χ0n) is 9.87. The molecule has 0 radical (unpaired) electrons. The van der Waals surface area contributed by atoms with Crippen LogP contribution in [0.4, 0.5) is 4.39 Å². The van der Waals surface area contributed by atoms with Gasteiger partial charge in [0.2, 0.25) is 5.88 Å². The number of ether oxygens (including phenoxy) is 1. The molecule has 0 spiro atoms. The molecule has 0 aliphatic rings. The number of pyridine rings is 1. The molecule has 0 aromatic carbocycles. The minimum atomic E-state index is -0.413. The zero-order chi connectivity index (χ0) is 11.8. The Bertz CT molecular complexity index is 307. The molecule has 0 bridgehead atoms. The van der Waals surface area contributed by atoms with Crippen molar-refractivity contribution in [3.05, 3.63) is 24.1 Å². The van der Waals surface area contributed by atoms with Crippen molar-refractivity contribution < 1.29 is 9.13 Å². The second-order valence-corrected chi connectivity index (χ2v) is 3.86. The molecular formula is C12H19FN2O. The number of halogens is 1. The van der Waals surface area contributed by atoms with Gasteiger partial charge in [-0.2, -0.15) is 0 Å². The van der Waals surface area contributed by atoms with Gasteiger partial charge in [-0.1, -0.05) is 20.3 Å². The molecule has 1 aromatic rings. The lowest BCUT2D eigenvalue weighted by molar-refractivity contribution is 0.283. The van der Waals surface area contributed by atoms with Gasteiger partial charge in [0.25, 0.3) is 0 Å². The summed E-state index contributed by atoms with van der Waals surface area (Å²) in [7, 11) is 0. The third kappa shape index (κ3) is 4.57. The molecule has 0 saturated heterocycles. The number of rotatable bonds is 7. The first-order chi connectivity index (χ1) is 7.74. The van der Waals surface area contributed by atoms with Crippen LogP contribution in [0.5, 0.6) is 5.88 Å². The third-order valence-electron chi connectivity index (χ3n) is 2.43. The topological polar surface area (TPSA) is 34.1 Å². The first kappa shape index (κ1) is 12.9. The summed E-state index contributed by atoms with van der Waals surface area (Å²) in [5.74, 6) is 0.323. The van der Waals surface area contributed by atoms with Crippen LogP contribution in [0.15, 0.2) is 18.3 Å². The summed E-state index contributed by atoms with van der Waals surface area (Å²) in [6.07, 6.45) is 2.67. The van der Waals surface area contributed by atoms with Crippen LogP contribution in [0.1, 0.15) is 20.3 Å². The van der Waals surface area contributed by atoms with Crippen molar-refractivity contribution in [2.24, 2.45) is 5.92 Å². The van der Waals surface area contributed by atoms with Gasteiger partial charge >= 0.3 is 0 Å². The van der Waals surface area contributed by atoms with Crippen LogP contribution in [0.3, 0.4) is 0 Å².